The summed E-state index contributed by atoms with van der Waals surface area (Å²) < 4.78 is 46.1. The fourth-order valence-electron chi connectivity index (χ4n) is 1.72. The number of hydrogen-bond acceptors (Lipinski definition) is 1. The quantitative estimate of drug-likeness (QED) is 0.701. The van der Waals surface area contributed by atoms with Gasteiger partial charge < -0.3 is 4.74 Å². The van der Waals surface area contributed by atoms with Crippen molar-refractivity contribution in [3.63, 3.8) is 0 Å². The number of ether oxygens (including phenoxy) is 1. The van der Waals surface area contributed by atoms with E-state index in [1.807, 2.05) is 0 Å². The van der Waals surface area contributed by atoms with E-state index in [9.17, 15) is 13.2 Å². The molecule has 0 spiro atoms. The molecule has 0 saturated carbocycles. The first-order chi connectivity index (χ1) is 9.51. The van der Waals surface area contributed by atoms with E-state index >= 15 is 0 Å². The Labute approximate surface area is 123 Å². The Bertz CT molecular complexity index is 573. The zero-order chi connectivity index (χ0) is 14.6. The van der Waals surface area contributed by atoms with E-state index in [0.717, 1.165) is 6.07 Å². The summed E-state index contributed by atoms with van der Waals surface area (Å²) in [6.45, 7) is -0.831. The molecule has 1 nitrogen and oxygen atoms in total. The van der Waals surface area contributed by atoms with E-state index in [0.29, 0.717) is 10.9 Å². The summed E-state index contributed by atoms with van der Waals surface area (Å²) in [5, 5.41) is 0.427. The van der Waals surface area contributed by atoms with Crippen molar-refractivity contribution in [1.29, 1.82) is 0 Å². The first-order valence-corrected chi connectivity index (χ1v) is 7.05. The predicted molar refractivity (Wildman–Crippen MR) is 74.9 cm³/mol. The molecule has 0 N–H and O–H groups in total. The van der Waals surface area contributed by atoms with Crippen LogP contribution in [-0.4, -0.2) is 6.61 Å². The number of alkyl halides is 3. The lowest BCUT2D eigenvalue weighted by Crippen LogP contribution is -2.23. The predicted octanol–water partition coefficient (Wildman–Crippen LogP) is 4.89. The highest BCUT2D eigenvalue weighted by Gasteiger charge is 2.32. The highest BCUT2D eigenvalue weighted by atomic mass is 79.9. The van der Waals surface area contributed by atoms with Gasteiger partial charge in [-0.3, -0.25) is 0 Å². The van der Waals surface area contributed by atoms with Gasteiger partial charge in [0.2, 0.25) is 0 Å². The summed E-state index contributed by atoms with van der Waals surface area (Å²) in [5.74, 6) is -3.54. The second kappa shape index (κ2) is 6.31. The molecule has 0 unspecified atom stereocenters. The Kier molecular flexibility index (Phi) is 4.70. The van der Waals surface area contributed by atoms with Crippen molar-refractivity contribution in [3.8, 4) is 5.75 Å². The maximum atomic E-state index is 13.9. The van der Waals surface area contributed by atoms with Gasteiger partial charge >= 0.3 is 5.92 Å². The Hall–Kier alpha value is -1.49. The zero-order valence-electron chi connectivity index (χ0n) is 10.5. The molecule has 0 fully saturated rings. The number of hydrogen-bond donors (Lipinski definition) is 0. The minimum Gasteiger partial charge on any atom is -0.487 e. The van der Waals surface area contributed by atoms with Crippen LogP contribution in [-0.2, 0) is 11.3 Å². The van der Waals surface area contributed by atoms with Crippen molar-refractivity contribution in [2.24, 2.45) is 0 Å². The summed E-state index contributed by atoms with van der Waals surface area (Å²) in [5.41, 5.74) is 0.500. The fourth-order valence-corrected chi connectivity index (χ4v) is 2.04. The molecule has 2 rings (SSSR count). The van der Waals surface area contributed by atoms with Crippen LogP contribution in [0.2, 0.25) is 0 Å². The summed E-state index contributed by atoms with van der Waals surface area (Å²) in [6, 6.07) is 11.3. The van der Waals surface area contributed by atoms with Crippen LogP contribution in [0.4, 0.5) is 13.2 Å². The molecule has 2 aromatic rings. The molecule has 0 radical (unpaired) electrons. The molecule has 0 aromatic heterocycles. The fraction of sp³-hybridized carbons (Fsp3) is 0.200. The number of benzene rings is 2. The summed E-state index contributed by atoms with van der Waals surface area (Å²) in [6.07, 6.45) is 0. The molecule has 0 aliphatic carbocycles. The first-order valence-electron chi connectivity index (χ1n) is 5.93. The van der Waals surface area contributed by atoms with E-state index in [4.69, 9.17) is 4.74 Å². The molecule has 0 aliphatic heterocycles. The average Bonchev–Trinajstić information content (AvgIpc) is 2.45. The van der Waals surface area contributed by atoms with E-state index in [-0.39, 0.29) is 11.3 Å². The second-order valence-corrected chi connectivity index (χ2v) is 4.85. The van der Waals surface area contributed by atoms with Gasteiger partial charge in [-0.2, -0.15) is 8.78 Å². The SMILES string of the molecule is Fc1cc(CBr)cc(OCC(F)(F)c2ccccc2)c1. The van der Waals surface area contributed by atoms with Gasteiger partial charge in [0.1, 0.15) is 11.6 Å². The van der Waals surface area contributed by atoms with Gasteiger partial charge in [0, 0.05) is 17.0 Å². The Morgan fingerprint density at radius 1 is 1.05 bits per heavy atom. The topological polar surface area (TPSA) is 9.23 Å². The van der Waals surface area contributed by atoms with E-state index < -0.39 is 18.3 Å². The molecule has 20 heavy (non-hydrogen) atoms. The van der Waals surface area contributed by atoms with Crippen molar-refractivity contribution in [1.82, 2.24) is 0 Å². The second-order valence-electron chi connectivity index (χ2n) is 4.29. The van der Waals surface area contributed by atoms with Gasteiger partial charge in [0.25, 0.3) is 0 Å². The maximum Gasteiger partial charge on any atom is 0.306 e. The van der Waals surface area contributed by atoms with E-state index in [2.05, 4.69) is 15.9 Å². The van der Waals surface area contributed by atoms with Crippen molar-refractivity contribution in [2.45, 2.75) is 11.3 Å². The molecular formula is C15H12BrF3O. The molecule has 0 bridgehead atoms. The first kappa shape index (κ1) is 14.9. The summed E-state index contributed by atoms with van der Waals surface area (Å²) >= 11 is 3.18. The highest BCUT2D eigenvalue weighted by Crippen LogP contribution is 2.29. The molecule has 106 valence electrons. The standard InChI is InChI=1S/C15H12BrF3O/c16-9-11-6-13(17)8-14(7-11)20-10-15(18,19)12-4-2-1-3-5-12/h1-8H,9-10H2. The monoisotopic (exact) mass is 344 g/mol. The number of halogens is 4. The molecule has 0 atom stereocenters. The average molecular weight is 345 g/mol. The molecular weight excluding hydrogens is 333 g/mol. The minimum absolute atomic E-state index is 0.0926. The van der Waals surface area contributed by atoms with E-state index in [1.54, 1.807) is 6.07 Å². The van der Waals surface area contributed by atoms with Crippen LogP contribution in [0.5, 0.6) is 5.75 Å². The Balaban J connectivity index is 2.10. The zero-order valence-corrected chi connectivity index (χ0v) is 12.0. The third-order valence-corrected chi connectivity index (χ3v) is 3.35. The minimum atomic E-state index is -3.12. The lowest BCUT2D eigenvalue weighted by atomic mass is 10.1. The van der Waals surface area contributed by atoms with Gasteiger partial charge in [-0.15, -0.1) is 0 Å². The van der Waals surface area contributed by atoms with Crippen LogP contribution >= 0.6 is 15.9 Å². The van der Waals surface area contributed by atoms with E-state index in [1.165, 1.54) is 36.4 Å². The smallest absolute Gasteiger partial charge is 0.306 e. The number of rotatable bonds is 5. The van der Waals surface area contributed by atoms with Crippen molar-refractivity contribution < 1.29 is 17.9 Å². The van der Waals surface area contributed by atoms with Gasteiger partial charge in [-0.25, -0.2) is 4.39 Å². The van der Waals surface area contributed by atoms with Crippen molar-refractivity contribution in [3.05, 3.63) is 65.5 Å². The van der Waals surface area contributed by atoms with Gasteiger partial charge in [-0.05, 0) is 17.7 Å². The normalized spacial score (nSPS) is 11.4. The van der Waals surface area contributed by atoms with Crippen LogP contribution in [0.15, 0.2) is 48.5 Å². The van der Waals surface area contributed by atoms with Crippen LogP contribution in [0, 0.1) is 5.82 Å². The third-order valence-electron chi connectivity index (χ3n) is 2.70. The van der Waals surface area contributed by atoms with Crippen LogP contribution in [0.25, 0.3) is 0 Å². The third kappa shape index (κ3) is 3.76. The van der Waals surface area contributed by atoms with Crippen molar-refractivity contribution in [2.75, 3.05) is 6.61 Å². The largest absolute Gasteiger partial charge is 0.487 e. The van der Waals surface area contributed by atoms with Crippen LogP contribution < -0.4 is 4.74 Å². The highest BCUT2D eigenvalue weighted by molar-refractivity contribution is 9.08. The molecule has 0 heterocycles. The Morgan fingerprint density at radius 2 is 1.75 bits per heavy atom. The molecule has 5 heteroatoms. The lowest BCUT2D eigenvalue weighted by Gasteiger charge is -2.17. The molecule has 0 amide bonds. The Morgan fingerprint density at radius 3 is 2.40 bits per heavy atom. The van der Waals surface area contributed by atoms with Gasteiger partial charge in [-0.1, -0.05) is 46.3 Å². The van der Waals surface area contributed by atoms with Crippen LogP contribution in [0.3, 0.4) is 0 Å². The van der Waals surface area contributed by atoms with Gasteiger partial charge in [0.05, 0.1) is 0 Å². The summed E-state index contributed by atoms with van der Waals surface area (Å²) in [7, 11) is 0. The molecule has 2 aromatic carbocycles. The molecule has 0 saturated heterocycles. The lowest BCUT2D eigenvalue weighted by molar-refractivity contribution is -0.0468. The van der Waals surface area contributed by atoms with Crippen molar-refractivity contribution >= 4 is 15.9 Å². The van der Waals surface area contributed by atoms with Gasteiger partial charge in [0.15, 0.2) is 6.61 Å². The maximum absolute atomic E-state index is 13.9. The molecule has 0 aliphatic rings. The van der Waals surface area contributed by atoms with Crippen LogP contribution in [0.1, 0.15) is 11.1 Å². The summed E-state index contributed by atoms with van der Waals surface area (Å²) in [4.78, 5) is 0.